The molecular formula is C15H25BrN2O2S. The van der Waals surface area contributed by atoms with Crippen molar-refractivity contribution in [3.05, 3.63) is 27.7 Å². The molecule has 0 heterocycles. The van der Waals surface area contributed by atoms with Crippen LogP contribution < -0.4 is 5.32 Å². The summed E-state index contributed by atoms with van der Waals surface area (Å²) < 4.78 is 28.3. The molecule has 0 aliphatic heterocycles. The van der Waals surface area contributed by atoms with Crippen LogP contribution in [0.3, 0.4) is 0 Å². The van der Waals surface area contributed by atoms with E-state index in [0.29, 0.717) is 24.5 Å². The lowest BCUT2D eigenvalue weighted by atomic mass is 10.1. The summed E-state index contributed by atoms with van der Waals surface area (Å²) in [5, 5.41) is 3.06. The van der Waals surface area contributed by atoms with Gasteiger partial charge in [0.1, 0.15) is 0 Å². The molecule has 1 rings (SSSR count). The van der Waals surface area contributed by atoms with E-state index < -0.39 is 10.0 Å². The summed E-state index contributed by atoms with van der Waals surface area (Å²) in [5.41, 5.74) is 1.73. The maximum atomic E-state index is 12.9. The van der Waals surface area contributed by atoms with Crippen LogP contribution in [0.15, 0.2) is 21.5 Å². The molecule has 120 valence electrons. The quantitative estimate of drug-likeness (QED) is 0.756. The first-order valence-electron chi connectivity index (χ1n) is 7.32. The second kappa shape index (κ2) is 8.27. The van der Waals surface area contributed by atoms with Gasteiger partial charge in [0.25, 0.3) is 0 Å². The summed E-state index contributed by atoms with van der Waals surface area (Å²) in [4.78, 5) is 0.407. The maximum absolute atomic E-state index is 12.9. The molecule has 1 aromatic carbocycles. The zero-order valence-electron chi connectivity index (χ0n) is 13.2. The molecule has 1 aromatic rings. The van der Waals surface area contributed by atoms with Gasteiger partial charge in [-0.2, -0.15) is 4.31 Å². The maximum Gasteiger partial charge on any atom is 0.243 e. The fourth-order valence-electron chi connectivity index (χ4n) is 2.27. The average molecular weight is 377 g/mol. The molecule has 0 radical (unpaired) electrons. The van der Waals surface area contributed by atoms with E-state index in [9.17, 15) is 8.42 Å². The third-order valence-electron chi connectivity index (χ3n) is 3.30. The fraction of sp³-hybridized carbons (Fsp3) is 0.600. The van der Waals surface area contributed by atoms with Crippen LogP contribution >= 0.6 is 15.9 Å². The predicted octanol–water partition coefficient (Wildman–Crippen LogP) is 3.29. The van der Waals surface area contributed by atoms with Crippen molar-refractivity contribution in [3.63, 3.8) is 0 Å². The first-order chi connectivity index (χ1) is 9.88. The standard InChI is InChI=1S/C15H25BrN2O2S/c1-5-7-18(8-6-2)21(19,20)15-10-13(11-17-4)9-14(16)12(15)3/h9-10,17H,5-8,11H2,1-4H3. The molecule has 0 aliphatic rings. The molecule has 6 heteroatoms. The molecule has 0 fully saturated rings. The second-order valence-electron chi connectivity index (χ2n) is 5.14. The van der Waals surface area contributed by atoms with Crippen molar-refractivity contribution in [2.45, 2.75) is 45.1 Å². The Labute approximate surface area is 137 Å². The van der Waals surface area contributed by atoms with Gasteiger partial charge in [-0.3, -0.25) is 0 Å². The average Bonchev–Trinajstić information content (AvgIpc) is 2.42. The lowest BCUT2D eigenvalue weighted by Crippen LogP contribution is -2.33. The molecule has 0 aromatic heterocycles. The summed E-state index contributed by atoms with van der Waals surface area (Å²) in [6, 6.07) is 3.75. The number of hydrogen-bond donors (Lipinski definition) is 1. The van der Waals surface area contributed by atoms with E-state index in [2.05, 4.69) is 21.2 Å². The van der Waals surface area contributed by atoms with Crippen molar-refractivity contribution in [2.75, 3.05) is 20.1 Å². The monoisotopic (exact) mass is 376 g/mol. The van der Waals surface area contributed by atoms with Gasteiger partial charge in [-0.25, -0.2) is 8.42 Å². The third kappa shape index (κ3) is 4.52. The van der Waals surface area contributed by atoms with Crippen LogP contribution in [0.25, 0.3) is 0 Å². The van der Waals surface area contributed by atoms with Gasteiger partial charge in [0, 0.05) is 24.1 Å². The van der Waals surface area contributed by atoms with Crippen LogP contribution in [0.2, 0.25) is 0 Å². The Balaban J connectivity index is 3.34. The molecule has 4 nitrogen and oxygen atoms in total. The van der Waals surface area contributed by atoms with Crippen LogP contribution in [-0.2, 0) is 16.6 Å². The highest BCUT2D eigenvalue weighted by Crippen LogP contribution is 2.28. The smallest absolute Gasteiger partial charge is 0.243 e. The molecule has 0 saturated heterocycles. The number of halogens is 1. The van der Waals surface area contributed by atoms with E-state index in [0.717, 1.165) is 28.4 Å². The molecule has 0 saturated carbocycles. The molecule has 0 atom stereocenters. The first-order valence-corrected chi connectivity index (χ1v) is 9.55. The van der Waals surface area contributed by atoms with Gasteiger partial charge >= 0.3 is 0 Å². The Hall–Kier alpha value is -0.430. The predicted molar refractivity (Wildman–Crippen MR) is 91.0 cm³/mol. The highest BCUT2D eigenvalue weighted by Gasteiger charge is 2.26. The molecule has 21 heavy (non-hydrogen) atoms. The second-order valence-corrected chi connectivity index (χ2v) is 7.90. The summed E-state index contributed by atoms with van der Waals surface area (Å²) >= 11 is 3.48. The number of benzene rings is 1. The van der Waals surface area contributed by atoms with Crippen molar-refractivity contribution in [1.82, 2.24) is 9.62 Å². The van der Waals surface area contributed by atoms with E-state index in [1.165, 1.54) is 0 Å². The summed E-state index contributed by atoms with van der Waals surface area (Å²) in [6.07, 6.45) is 1.63. The van der Waals surface area contributed by atoms with E-state index in [4.69, 9.17) is 0 Å². The van der Waals surface area contributed by atoms with Crippen LogP contribution in [0.4, 0.5) is 0 Å². The van der Waals surface area contributed by atoms with E-state index in [1.807, 2.05) is 33.9 Å². The minimum atomic E-state index is -3.44. The van der Waals surface area contributed by atoms with Gasteiger partial charge in [0.2, 0.25) is 10.0 Å². The lowest BCUT2D eigenvalue weighted by Gasteiger charge is -2.23. The Morgan fingerprint density at radius 3 is 2.24 bits per heavy atom. The molecule has 1 N–H and O–H groups in total. The summed E-state index contributed by atoms with van der Waals surface area (Å²) in [7, 11) is -1.59. The SMILES string of the molecule is CCCN(CCC)S(=O)(=O)c1cc(CNC)cc(Br)c1C. The van der Waals surface area contributed by atoms with Crippen molar-refractivity contribution in [2.24, 2.45) is 0 Å². The molecule has 0 amide bonds. The van der Waals surface area contributed by atoms with E-state index >= 15 is 0 Å². The van der Waals surface area contributed by atoms with Gasteiger partial charge in [0.15, 0.2) is 0 Å². The number of sulfonamides is 1. The molecule has 0 bridgehead atoms. The van der Waals surface area contributed by atoms with Crippen molar-refractivity contribution in [1.29, 1.82) is 0 Å². The van der Waals surface area contributed by atoms with Crippen molar-refractivity contribution >= 4 is 26.0 Å². The number of hydrogen-bond acceptors (Lipinski definition) is 3. The third-order valence-corrected chi connectivity index (χ3v) is 6.15. The molecule has 0 spiro atoms. The van der Waals surface area contributed by atoms with Gasteiger partial charge in [-0.1, -0.05) is 29.8 Å². The van der Waals surface area contributed by atoms with Crippen molar-refractivity contribution in [3.8, 4) is 0 Å². The number of nitrogens with one attached hydrogen (secondary N) is 1. The zero-order valence-corrected chi connectivity index (χ0v) is 15.6. The van der Waals surface area contributed by atoms with Crippen LogP contribution in [0, 0.1) is 6.92 Å². The first kappa shape index (κ1) is 18.6. The highest BCUT2D eigenvalue weighted by atomic mass is 79.9. The number of nitrogens with zero attached hydrogens (tertiary/aromatic N) is 1. The Morgan fingerprint density at radius 1 is 1.19 bits per heavy atom. The molecular weight excluding hydrogens is 352 g/mol. The van der Waals surface area contributed by atoms with E-state index in [1.54, 1.807) is 10.4 Å². The fourth-order valence-corrected chi connectivity index (χ4v) is 4.83. The van der Waals surface area contributed by atoms with E-state index in [-0.39, 0.29) is 0 Å². The lowest BCUT2D eigenvalue weighted by molar-refractivity contribution is 0.409. The van der Waals surface area contributed by atoms with Crippen LogP contribution in [0.5, 0.6) is 0 Å². The van der Waals surface area contributed by atoms with Gasteiger partial charge in [-0.15, -0.1) is 0 Å². The Morgan fingerprint density at radius 2 is 1.76 bits per heavy atom. The van der Waals surface area contributed by atoms with Gasteiger partial charge in [-0.05, 0) is 50.1 Å². The normalized spacial score (nSPS) is 12.1. The number of rotatable bonds is 8. The Bertz CT molecular complexity index is 567. The van der Waals surface area contributed by atoms with Crippen LogP contribution in [-0.4, -0.2) is 32.9 Å². The van der Waals surface area contributed by atoms with Gasteiger partial charge < -0.3 is 5.32 Å². The summed E-state index contributed by atoms with van der Waals surface area (Å²) in [5.74, 6) is 0. The minimum Gasteiger partial charge on any atom is -0.316 e. The topological polar surface area (TPSA) is 49.4 Å². The van der Waals surface area contributed by atoms with Crippen molar-refractivity contribution < 1.29 is 8.42 Å². The van der Waals surface area contributed by atoms with Crippen LogP contribution in [0.1, 0.15) is 37.8 Å². The Kier molecular flexibility index (Phi) is 7.33. The van der Waals surface area contributed by atoms with Gasteiger partial charge in [0.05, 0.1) is 4.90 Å². The zero-order chi connectivity index (χ0) is 16.0. The molecule has 0 unspecified atom stereocenters. The largest absolute Gasteiger partial charge is 0.316 e. The summed E-state index contributed by atoms with van der Waals surface area (Å²) in [6.45, 7) is 7.60. The minimum absolute atomic E-state index is 0.407. The molecule has 0 aliphatic carbocycles. The highest BCUT2D eigenvalue weighted by molar-refractivity contribution is 9.10.